The van der Waals surface area contributed by atoms with Crippen molar-refractivity contribution in [2.45, 2.75) is 57.3 Å². The van der Waals surface area contributed by atoms with E-state index in [4.69, 9.17) is 5.11 Å². The molecule has 0 heterocycles. The molecule has 27 heavy (non-hydrogen) atoms. The maximum atomic E-state index is 10.3. The van der Waals surface area contributed by atoms with Crippen LogP contribution in [0.2, 0.25) is 0 Å². The fraction of sp³-hybridized carbons (Fsp3) is 0.409. The van der Waals surface area contributed by atoms with Crippen LogP contribution in [0.5, 0.6) is 0 Å². The molecule has 0 aliphatic heterocycles. The Labute approximate surface area is 161 Å². The van der Waals surface area contributed by atoms with E-state index in [0.29, 0.717) is 12.8 Å². The summed E-state index contributed by atoms with van der Waals surface area (Å²) >= 11 is 0. The molecule has 0 unspecified atom stereocenters. The van der Waals surface area contributed by atoms with Crippen molar-refractivity contribution in [2.24, 2.45) is 0 Å². The van der Waals surface area contributed by atoms with Gasteiger partial charge in [0, 0.05) is 6.42 Å². The summed E-state index contributed by atoms with van der Waals surface area (Å²) in [7, 11) is 0. The summed E-state index contributed by atoms with van der Waals surface area (Å²) in [6.45, 7) is 2.03. The third-order valence-corrected chi connectivity index (χ3v) is 3.33. The minimum absolute atomic E-state index is 0.0466. The van der Waals surface area contributed by atoms with Crippen LogP contribution in [0.4, 0.5) is 0 Å². The van der Waals surface area contributed by atoms with E-state index in [0.717, 1.165) is 6.42 Å². The van der Waals surface area contributed by atoms with E-state index in [1.807, 2.05) is 19.1 Å². The fourth-order valence-corrected chi connectivity index (χ4v) is 1.85. The van der Waals surface area contributed by atoms with E-state index in [-0.39, 0.29) is 12.8 Å². The monoisotopic (exact) mass is 374 g/mol. The number of carbonyl (C=O) groups is 1. The van der Waals surface area contributed by atoms with Gasteiger partial charge >= 0.3 is 5.97 Å². The Morgan fingerprint density at radius 1 is 0.926 bits per heavy atom. The summed E-state index contributed by atoms with van der Waals surface area (Å²) in [4.78, 5) is 10.3. The van der Waals surface area contributed by atoms with Gasteiger partial charge in [0.1, 0.15) is 0 Å². The Hall–Kier alpha value is -2.39. The largest absolute Gasteiger partial charge is 0.481 e. The molecule has 148 valence electrons. The minimum Gasteiger partial charge on any atom is -0.481 e. The SMILES string of the molecule is CC/C=C\C[C@@H](O)/C=C/C#CC=CC=C[C@@H](O)[C@@H](O)C/C=C\CCC(=O)O. The molecule has 0 radical (unpaired) electrons. The molecule has 4 N–H and O–H groups in total. The average Bonchev–Trinajstić information content (AvgIpc) is 2.63. The van der Waals surface area contributed by atoms with Gasteiger partial charge in [-0.3, -0.25) is 4.79 Å². The number of rotatable bonds is 12. The van der Waals surface area contributed by atoms with Gasteiger partial charge in [-0.05, 0) is 43.9 Å². The number of aliphatic hydroxyl groups is 3. The van der Waals surface area contributed by atoms with E-state index >= 15 is 0 Å². The van der Waals surface area contributed by atoms with Crippen molar-refractivity contribution in [1.29, 1.82) is 0 Å². The number of aliphatic hydroxyl groups excluding tert-OH is 3. The molecule has 0 aromatic heterocycles. The molecule has 0 fully saturated rings. The van der Waals surface area contributed by atoms with E-state index in [1.165, 1.54) is 6.08 Å². The third-order valence-electron chi connectivity index (χ3n) is 3.33. The zero-order chi connectivity index (χ0) is 20.3. The van der Waals surface area contributed by atoms with Gasteiger partial charge in [0.25, 0.3) is 0 Å². The fourth-order valence-electron chi connectivity index (χ4n) is 1.85. The molecule has 0 aromatic carbocycles. The lowest BCUT2D eigenvalue weighted by Crippen LogP contribution is -2.22. The quantitative estimate of drug-likeness (QED) is 0.239. The summed E-state index contributed by atoms with van der Waals surface area (Å²) in [5, 5.41) is 37.7. The van der Waals surface area contributed by atoms with Gasteiger partial charge in [0.05, 0.1) is 18.3 Å². The van der Waals surface area contributed by atoms with Crippen LogP contribution in [0, 0.1) is 11.8 Å². The second-order valence-electron chi connectivity index (χ2n) is 5.77. The van der Waals surface area contributed by atoms with Crippen LogP contribution in [-0.2, 0) is 4.79 Å². The molecule has 0 saturated carbocycles. The van der Waals surface area contributed by atoms with Gasteiger partial charge in [-0.2, -0.15) is 0 Å². The molecule has 3 atom stereocenters. The first kappa shape index (κ1) is 24.6. The summed E-state index contributed by atoms with van der Waals surface area (Å²) in [5.41, 5.74) is 0. The maximum Gasteiger partial charge on any atom is 0.303 e. The van der Waals surface area contributed by atoms with E-state index in [2.05, 4.69) is 11.8 Å². The molecule has 0 aromatic rings. The average molecular weight is 374 g/mol. The number of allylic oxidation sites excluding steroid dienone is 6. The Morgan fingerprint density at radius 3 is 2.33 bits per heavy atom. The van der Waals surface area contributed by atoms with Crippen LogP contribution >= 0.6 is 0 Å². The van der Waals surface area contributed by atoms with Crippen molar-refractivity contribution in [2.75, 3.05) is 0 Å². The first-order valence-electron chi connectivity index (χ1n) is 9.04. The zero-order valence-corrected chi connectivity index (χ0v) is 15.7. The molecular formula is C22H30O5. The molecular weight excluding hydrogens is 344 g/mol. The summed E-state index contributed by atoms with van der Waals surface area (Å²) < 4.78 is 0. The molecule has 0 amide bonds. The third kappa shape index (κ3) is 16.8. The topological polar surface area (TPSA) is 98.0 Å². The predicted molar refractivity (Wildman–Crippen MR) is 108 cm³/mol. The van der Waals surface area contributed by atoms with E-state index in [1.54, 1.807) is 42.5 Å². The lowest BCUT2D eigenvalue weighted by molar-refractivity contribution is -0.136. The van der Waals surface area contributed by atoms with Gasteiger partial charge in [-0.1, -0.05) is 61.3 Å². The number of aliphatic carboxylic acids is 1. The van der Waals surface area contributed by atoms with Crippen LogP contribution in [0.3, 0.4) is 0 Å². The Kier molecular flexibility index (Phi) is 15.5. The minimum atomic E-state index is -1.02. The molecule has 0 spiro atoms. The van der Waals surface area contributed by atoms with Crippen molar-refractivity contribution in [3.05, 3.63) is 60.8 Å². The molecule has 0 rings (SSSR count). The Balaban J connectivity index is 4.11. The highest BCUT2D eigenvalue weighted by Gasteiger charge is 2.10. The maximum absolute atomic E-state index is 10.3. The molecule has 0 aliphatic rings. The van der Waals surface area contributed by atoms with Crippen molar-refractivity contribution in [3.8, 4) is 11.8 Å². The van der Waals surface area contributed by atoms with E-state index < -0.39 is 24.3 Å². The molecule has 0 aliphatic carbocycles. The number of hydrogen-bond acceptors (Lipinski definition) is 4. The second-order valence-corrected chi connectivity index (χ2v) is 5.77. The lowest BCUT2D eigenvalue weighted by atomic mass is 10.1. The van der Waals surface area contributed by atoms with Gasteiger partial charge in [0.15, 0.2) is 0 Å². The Bertz CT molecular complexity index is 602. The van der Waals surface area contributed by atoms with Crippen LogP contribution < -0.4 is 0 Å². The standard InChI is InChI=1S/C22H30O5/c1-2-3-9-14-19(23)15-10-6-4-5-7-11-16-20(24)21(25)17-12-8-13-18-22(26)27/h3,5,7-12,15-16,19-21,23-25H,2,13-14,17-18H2,1H3,(H,26,27)/b7-5?,9-3-,12-8-,15-10+,16-11?/t19-,20-,21+/m1/s1. The highest BCUT2D eigenvalue weighted by molar-refractivity contribution is 5.66. The van der Waals surface area contributed by atoms with E-state index in [9.17, 15) is 20.1 Å². The summed E-state index contributed by atoms with van der Waals surface area (Å²) in [5.74, 6) is 4.67. The van der Waals surface area contributed by atoms with Crippen molar-refractivity contribution < 1.29 is 25.2 Å². The molecule has 5 heteroatoms. The molecule has 0 bridgehead atoms. The Morgan fingerprint density at radius 2 is 1.63 bits per heavy atom. The zero-order valence-electron chi connectivity index (χ0n) is 15.7. The van der Waals surface area contributed by atoms with Crippen LogP contribution in [0.15, 0.2) is 60.8 Å². The first-order valence-corrected chi connectivity index (χ1v) is 9.04. The number of carboxylic acids is 1. The van der Waals surface area contributed by atoms with Gasteiger partial charge in [-0.25, -0.2) is 0 Å². The van der Waals surface area contributed by atoms with Crippen LogP contribution in [-0.4, -0.2) is 44.7 Å². The highest BCUT2D eigenvalue weighted by atomic mass is 16.4. The van der Waals surface area contributed by atoms with Crippen molar-refractivity contribution in [3.63, 3.8) is 0 Å². The lowest BCUT2D eigenvalue weighted by Gasteiger charge is -2.11. The second kappa shape index (κ2) is 17.0. The van der Waals surface area contributed by atoms with Crippen molar-refractivity contribution in [1.82, 2.24) is 0 Å². The highest BCUT2D eigenvalue weighted by Crippen LogP contribution is 2.03. The summed E-state index contributed by atoms with van der Waals surface area (Å²) in [6.07, 6.45) is 16.4. The van der Waals surface area contributed by atoms with Crippen LogP contribution in [0.1, 0.15) is 39.0 Å². The van der Waals surface area contributed by atoms with Crippen molar-refractivity contribution >= 4 is 5.97 Å². The van der Waals surface area contributed by atoms with Gasteiger partial charge < -0.3 is 20.4 Å². The molecule has 0 saturated heterocycles. The van der Waals surface area contributed by atoms with Gasteiger partial charge in [0.2, 0.25) is 0 Å². The number of carboxylic acid groups (broad SMARTS) is 1. The normalized spacial score (nSPS) is 15.7. The number of hydrogen-bond donors (Lipinski definition) is 4. The van der Waals surface area contributed by atoms with Crippen LogP contribution in [0.25, 0.3) is 0 Å². The smallest absolute Gasteiger partial charge is 0.303 e. The van der Waals surface area contributed by atoms with Gasteiger partial charge in [-0.15, -0.1) is 0 Å². The molecule has 5 nitrogen and oxygen atoms in total. The predicted octanol–water partition coefficient (Wildman–Crippen LogP) is 2.91. The summed E-state index contributed by atoms with van der Waals surface area (Å²) in [6, 6.07) is 0. The first-order chi connectivity index (χ1) is 13.0.